The molecule has 0 radical (unpaired) electrons. The lowest BCUT2D eigenvalue weighted by atomic mass is 9.98. The van der Waals surface area contributed by atoms with Gasteiger partial charge in [-0.2, -0.15) is 0 Å². The first-order valence-electron chi connectivity index (χ1n) is 6.13. The van der Waals surface area contributed by atoms with Crippen molar-refractivity contribution in [2.45, 2.75) is 0 Å². The summed E-state index contributed by atoms with van der Waals surface area (Å²) >= 11 is 5.80. The molecule has 0 aliphatic rings. The Morgan fingerprint density at radius 3 is 2.19 bits per heavy atom. The quantitative estimate of drug-likeness (QED) is 0.642. The Morgan fingerprint density at radius 1 is 0.952 bits per heavy atom. The number of esters is 1. The number of rotatable bonds is 4. The van der Waals surface area contributed by atoms with Crippen molar-refractivity contribution >= 4 is 23.4 Å². The largest absolute Gasteiger partial charge is 0.497 e. The topological polar surface area (TPSA) is 52.6 Å². The van der Waals surface area contributed by atoms with Gasteiger partial charge in [-0.25, -0.2) is 4.79 Å². The van der Waals surface area contributed by atoms with Gasteiger partial charge in [0.1, 0.15) is 5.75 Å². The maximum atomic E-state index is 12.5. The summed E-state index contributed by atoms with van der Waals surface area (Å²) in [5.74, 6) is -0.399. The van der Waals surface area contributed by atoms with Crippen molar-refractivity contribution < 1.29 is 19.1 Å². The third-order valence-corrected chi connectivity index (χ3v) is 3.24. The first-order valence-corrected chi connectivity index (χ1v) is 6.51. The van der Waals surface area contributed by atoms with Crippen LogP contribution in [0.5, 0.6) is 5.75 Å². The van der Waals surface area contributed by atoms with Gasteiger partial charge in [0.15, 0.2) is 5.78 Å². The van der Waals surface area contributed by atoms with Crippen LogP contribution in [0.1, 0.15) is 26.3 Å². The predicted octanol–water partition coefficient (Wildman–Crippen LogP) is 3.37. The molecule has 0 saturated carbocycles. The number of hydrogen-bond acceptors (Lipinski definition) is 4. The van der Waals surface area contributed by atoms with Gasteiger partial charge >= 0.3 is 5.97 Å². The lowest BCUT2D eigenvalue weighted by molar-refractivity contribution is 0.0597. The summed E-state index contributed by atoms with van der Waals surface area (Å²) in [6.07, 6.45) is 0. The fraction of sp³-hybridized carbons (Fsp3) is 0.125. The van der Waals surface area contributed by atoms with Gasteiger partial charge in [-0.05, 0) is 42.5 Å². The standard InChI is InChI=1S/C16H13ClO4/c1-20-12-7-8-13(14(9-12)16(19)21-2)15(18)10-3-5-11(17)6-4-10/h3-9H,1-2H3. The number of hydrogen-bond donors (Lipinski definition) is 0. The summed E-state index contributed by atoms with van der Waals surface area (Å²) in [7, 11) is 2.75. The van der Waals surface area contributed by atoms with E-state index in [0.717, 1.165) is 0 Å². The van der Waals surface area contributed by atoms with Crippen molar-refractivity contribution in [2.75, 3.05) is 14.2 Å². The molecule has 0 spiro atoms. The van der Waals surface area contributed by atoms with Gasteiger partial charge in [0.05, 0.1) is 19.8 Å². The average molecular weight is 305 g/mol. The van der Waals surface area contributed by atoms with E-state index < -0.39 is 5.97 Å². The van der Waals surface area contributed by atoms with Gasteiger partial charge in [-0.1, -0.05) is 11.6 Å². The van der Waals surface area contributed by atoms with Crippen molar-refractivity contribution in [3.63, 3.8) is 0 Å². The summed E-state index contributed by atoms with van der Waals surface area (Å²) in [5, 5.41) is 0.537. The Labute approximate surface area is 127 Å². The van der Waals surface area contributed by atoms with Crippen LogP contribution in [0, 0.1) is 0 Å². The number of benzene rings is 2. The van der Waals surface area contributed by atoms with Crippen LogP contribution in [0.4, 0.5) is 0 Å². The minimum absolute atomic E-state index is 0.164. The molecule has 2 aromatic rings. The number of methoxy groups -OCH3 is 2. The molecule has 0 bridgehead atoms. The molecule has 5 heteroatoms. The second kappa shape index (κ2) is 6.41. The first kappa shape index (κ1) is 15.1. The molecule has 0 aliphatic carbocycles. The SMILES string of the molecule is COC(=O)c1cc(OC)ccc1C(=O)c1ccc(Cl)cc1. The van der Waals surface area contributed by atoms with Crippen LogP contribution >= 0.6 is 11.6 Å². The molecule has 21 heavy (non-hydrogen) atoms. The van der Waals surface area contributed by atoms with E-state index in [-0.39, 0.29) is 16.9 Å². The van der Waals surface area contributed by atoms with Crippen molar-refractivity contribution in [1.82, 2.24) is 0 Å². The zero-order chi connectivity index (χ0) is 15.4. The zero-order valence-electron chi connectivity index (χ0n) is 11.6. The molecule has 4 nitrogen and oxygen atoms in total. The fourth-order valence-electron chi connectivity index (χ4n) is 1.88. The number of halogens is 1. The van der Waals surface area contributed by atoms with Crippen LogP contribution in [-0.4, -0.2) is 26.0 Å². The Morgan fingerprint density at radius 2 is 1.62 bits per heavy atom. The molecular weight excluding hydrogens is 292 g/mol. The van der Waals surface area contributed by atoms with Crippen LogP contribution in [0.25, 0.3) is 0 Å². The first-order chi connectivity index (χ1) is 10.1. The summed E-state index contributed by atoms with van der Waals surface area (Å²) in [5.41, 5.74) is 0.858. The highest BCUT2D eigenvalue weighted by Gasteiger charge is 2.19. The van der Waals surface area contributed by atoms with Crippen LogP contribution in [-0.2, 0) is 4.74 Å². The molecule has 0 amide bonds. The molecule has 0 heterocycles. The molecule has 0 N–H and O–H groups in total. The molecule has 2 rings (SSSR count). The summed E-state index contributed by atoms with van der Waals surface area (Å²) < 4.78 is 9.78. The highest BCUT2D eigenvalue weighted by molar-refractivity contribution is 6.30. The monoisotopic (exact) mass is 304 g/mol. The van der Waals surface area contributed by atoms with E-state index in [1.165, 1.54) is 20.3 Å². The fourth-order valence-corrected chi connectivity index (χ4v) is 2.01. The number of ether oxygens (including phenoxy) is 2. The lowest BCUT2D eigenvalue weighted by Gasteiger charge is -2.09. The Balaban J connectivity index is 2.49. The third-order valence-electron chi connectivity index (χ3n) is 2.98. The van der Waals surface area contributed by atoms with Crippen LogP contribution in [0.2, 0.25) is 5.02 Å². The lowest BCUT2D eigenvalue weighted by Crippen LogP contribution is -2.11. The maximum Gasteiger partial charge on any atom is 0.338 e. The van der Waals surface area contributed by atoms with E-state index >= 15 is 0 Å². The third kappa shape index (κ3) is 3.23. The highest BCUT2D eigenvalue weighted by Crippen LogP contribution is 2.22. The maximum absolute atomic E-state index is 12.5. The van der Waals surface area contributed by atoms with Gasteiger partial charge in [0, 0.05) is 16.1 Å². The van der Waals surface area contributed by atoms with Gasteiger partial charge in [0.2, 0.25) is 0 Å². The van der Waals surface area contributed by atoms with Gasteiger partial charge in [0.25, 0.3) is 0 Å². The number of ketones is 1. The Kier molecular flexibility index (Phi) is 4.60. The normalized spacial score (nSPS) is 10.0. The molecule has 108 valence electrons. The van der Waals surface area contributed by atoms with E-state index in [4.69, 9.17) is 21.1 Å². The predicted molar refractivity (Wildman–Crippen MR) is 79.2 cm³/mol. The minimum atomic E-state index is -0.591. The molecule has 0 atom stereocenters. The summed E-state index contributed by atoms with van der Waals surface area (Å²) in [4.78, 5) is 24.3. The number of carbonyl (C=O) groups is 2. The summed E-state index contributed by atoms with van der Waals surface area (Å²) in [6, 6.07) is 11.1. The molecule has 0 saturated heterocycles. The second-order valence-corrected chi connectivity index (χ2v) is 4.68. The van der Waals surface area contributed by atoms with Gasteiger partial charge < -0.3 is 9.47 Å². The van der Waals surface area contributed by atoms with Crippen LogP contribution in [0.3, 0.4) is 0 Å². The zero-order valence-corrected chi connectivity index (χ0v) is 12.3. The second-order valence-electron chi connectivity index (χ2n) is 4.24. The molecule has 0 aromatic heterocycles. The van der Waals surface area contributed by atoms with Crippen molar-refractivity contribution in [3.8, 4) is 5.75 Å². The van der Waals surface area contributed by atoms with E-state index in [1.807, 2.05) is 0 Å². The van der Waals surface area contributed by atoms with Gasteiger partial charge in [-0.15, -0.1) is 0 Å². The van der Waals surface area contributed by atoms with E-state index in [2.05, 4.69) is 0 Å². The smallest absolute Gasteiger partial charge is 0.338 e. The van der Waals surface area contributed by atoms with Crippen LogP contribution < -0.4 is 4.74 Å². The van der Waals surface area contributed by atoms with Crippen molar-refractivity contribution in [1.29, 1.82) is 0 Å². The molecule has 0 aliphatic heterocycles. The summed E-state index contributed by atoms with van der Waals surface area (Å²) in [6.45, 7) is 0. The van der Waals surface area contributed by atoms with E-state index in [9.17, 15) is 9.59 Å². The average Bonchev–Trinajstić information content (AvgIpc) is 2.53. The van der Waals surface area contributed by atoms with E-state index in [0.29, 0.717) is 16.3 Å². The minimum Gasteiger partial charge on any atom is -0.497 e. The van der Waals surface area contributed by atoms with Crippen molar-refractivity contribution in [3.05, 3.63) is 64.2 Å². The molecule has 2 aromatic carbocycles. The highest BCUT2D eigenvalue weighted by atomic mass is 35.5. The molecular formula is C16H13ClO4. The molecule has 0 fully saturated rings. The molecule has 0 unspecified atom stereocenters. The Hall–Kier alpha value is -2.33. The van der Waals surface area contributed by atoms with Crippen LogP contribution in [0.15, 0.2) is 42.5 Å². The number of carbonyl (C=O) groups excluding carboxylic acids is 2. The van der Waals surface area contributed by atoms with Gasteiger partial charge in [-0.3, -0.25) is 4.79 Å². The van der Waals surface area contributed by atoms with Crippen molar-refractivity contribution in [2.24, 2.45) is 0 Å². The Bertz CT molecular complexity index is 677. The van der Waals surface area contributed by atoms with E-state index in [1.54, 1.807) is 36.4 Å².